The van der Waals surface area contributed by atoms with E-state index in [0.717, 1.165) is 0 Å². The second kappa shape index (κ2) is 4.04. The molecule has 0 aliphatic rings. The summed E-state index contributed by atoms with van der Waals surface area (Å²) in [6.07, 6.45) is 1.60. The Morgan fingerprint density at radius 2 is 2.00 bits per heavy atom. The molecule has 2 aromatic rings. The van der Waals surface area contributed by atoms with Crippen molar-refractivity contribution in [3.8, 4) is 11.3 Å². The molecule has 0 amide bonds. The van der Waals surface area contributed by atoms with Crippen molar-refractivity contribution in [2.45, 2.75) is 0 Å². The normalized spacial score (nSPS) is 10.0. The van der Waals surface area contributed by atoms with E-state index in [1.54, 1.807) is 37.5 Å². The molecule has 0 spiro atoms. The van der Waals surface area contributed by atoms with Crippen molar-refractivity contribution in [1.29, 1.82) is 0 Å². The Bertz CT molecular complexity index is 471. The first-order valence-electron chi connectivity index (χ1n) is 4.57. The number of hydrogen-bond donors (Lipinski definition) is 1. The molecular weight excluding hydrogens is 193 g/mol. The van der Waals surface area contributed by atoms with E-state index in [1.807, 2.05) is 0 Å². The molecule has 2 rings (SSSR count). The van der Waals surface area contributed by atoms with Gasteiger partial charge in [0.05, 0.1) is 5.69 Å². The minimum absolute atomic E-state index is 0.279. The third kappa shape index (κ3) is 1.93. The van der Waals surface area contributed by atoms with Crippen molar-refractivity contribution in [2.75, 3.05) is 12.4 Å². The molecule has 1 N–H and O–H groups in total. The van der Waals surface area contributed by atoms with Crippen molar-refractivity contribution in [2.24, 2.45) is 0 Å². The SMILES string of the molecule is CNc1nccc(-c2ccccc2F)n1. The second-order valence-electron chi connectivity index (χ2n) is 3.00. The Hall–Kier alpha value is -1.97. The van der Waals surface area contributed by atoms with Gasteiger partial charge in [-0.1, -0.05) is 12.1 Å². The third-order valence-corrected chi connectivity index (χ3v) is 2.03. The van der Waals surface area contributed by atoms with Gasteiger partial charge in [0, 0.05) is 18.8 Å². The van der Waals surface area contributed by atoms with E-state index in [2.05, 4.69) is 15.3 Å². The molecule has 0 bridgehead atoms. The van der Waals surface area contributed by atoms with Crippen molar-refractivity contribution in [1.82, 2.24) is 9.97 Å². The number of hydrogen-bond acceptors (Lipinski definition) is 3. The van der Waals surface area contributed by atoms with Gasteiger partial charge in [0.1, 0.15) is 5.82 Å². The van der Waals surface area contributed by atoms with E-state index in [0.29, 0.717) is 17.2 Å². The van der Waals surface area contributed by atoms with Gasteiger partial charge in [-0.2, -0.15) is 0 Å². The summed E-state index contributed by atoms with van der Waals surface area (Å²) in [6, 6.07) is 8.21. The molecule has 1 aromatic carbocycles. The summed E-state index contributed by atoms with van der Waals surface area (Å²) in [7, 11) is 1.72. The van der Waals surface area contributed by atoms with E-state index in [9.17, 15) is 4.39 Å². The lowest BCUT2D eigenvalue weighted by molar-refractivity contribution is 0.630. The highest BCUT2D eigenvalue weighted by molar-refractivity contribution is 5.60. The lowest BCUT2D eigenvalue weighted by atomic mass is 10.1. The molecule has 0 aliphatic carbocycles. The summed E-state index contributed by atoms with van der Waals surface area (Å²) >= 11 is 0. The van der Waals surface area contributed by atoms with Crippen LogP contribution in [0.4, 0.5) is 10.3 Å². The van der Waals surface area contributed by atoms with Crippen LogP contribution in [0.5, 0.6) is 0 Å². The van der Waals surface area contributed by atoms with Gasteiger partial charge in [0.2, 0.25) is 5.95 Å². The van der Waals surface area contributed by atoms with Crippen LogP contribution >= 0.6 is 0 Å². The number of benzene rings is 1. The molecule has 76 valence electrons. The summed E-state index contributed by atoms with van der Waals surface area (Å²) in [6.45, 7) is 0. The topological polar surface area (TPSA) is 37.8 Å². The molecule has 0 saturated heterocycles. The maximum Gasteiger partial charge on any atom is 0.222 e. The van der Waals surface area contributed by atoms with E-state index in [-0.39, 0.29) is 5.82 Å². The summed E-state index contributed by atoms with van der Waals surface area (Å²) in [5.41, 5.74) is 1.06. The van der Waals surface area contributed by atoms with Crippen LogP contribution in [0, 0.1) is 5.82 Å². The molecule has 0 aliphatic heterocycles. The molecule has 0 fully saturated rings. The number of nitrogens with zero attached hydrogens (tertiary/aromatic N) is 2. The number of nitrogens with one attached hydrogen (secondary N) is 1. The fourth-order valence-corrected chi connectivity index (χ4v) is 1.30. The Morgan fingerprint density at radius 1 is 1.20 bits per heavy atom. The average Bonchev–Trinajstić information content (AvgIpc) is 2.30. The van der Waals surface area contributed by atoms with Crippen LogP contribution in [0.2, 0.25) is 0 Å². The van der Waals surface area contributed by atoms with Crippen molar-refractivity contribution in [3.05, 3.63) is 42.3 Å². The van der Waals surface area contributed by atoms with Crippen molar-refractivity contribution < 1.29 is 4.39 Å². The minimum Gasteiger partial charge on any atom is -0.357 e. The van der Waals surface area contributed by atoms with Gasteiger partial charge in [0.15, 0.2) is 0 Å². The van der Waals surface area contributed by atoms with Crippen LogP contribution in [0.3, 0.4) is 0 Å². The zero-order chi connectivity index (χ0) is 10.7. The van der Waals surface area contributed by atoms with Crippen LogP contribution in [0.25, 0.3) is 11.3 Å². The Labute approximate surface area is 87.0 Å². The summed E-state index contributed by atoms with van der Waals surface area (Å²) in [5.74, 6) is 0.203. The molecule has 0 atom stereocenters. The Balaban J connectivity index is 2.49. The molecule has 0 saturated carbocycles. The number of anilines is 1. The summed E-state index contributed by atoms with van der Waals surface area (Å²) in [5, 5.41) is 2.81. The molecule has 1 heterocycles. The predicted molar refractivity (Wildman–Crippen MR) is 57.0 cm³/mol. The van der Waals surface area contributed by atoms with Crippen LogP contribution in [0.15, 0.2) is 36.5 Å². The largest absolute Gasteiger partial charge is 0.357 e. The van der Waals surface area contributed by atoms with Gasteiger partial charge in [0.25, 0.3) is 0 Å². The smallest absolute Gasteiger partial charge is 0.222 e. The van der Waals surface area contributed by atoms with Crippen LogP contribution in [-0.4, -0.2) is 17.0 Å². The Morgan fingerprint density at radius 3 is 2.73 bits per heavy atom. The van der Waals surface area contributed by atoms with Gasteiger partial charge < -0.3 is 5.32 Å². The van der Waals surface area contributed by atoms with Crippen LogP contribution in [-0.2, 0) is 0 Å². The van der Waals surface area contributed by atoms with Gasteiger partial charge in [-0.15, -0.1) is 0 Å². The van der Waals surface area contributed by atoms with E-state index in [1.165, 1.54) is 6.07 Å². The molecule has 0 radical (unpaired) electrons. The third-order valence-electron chi connectivity index (χ3n) is 2.03. The quantitative estimate of drug-likeness (QED) is 0.813. The lowest BCUT2D eigenvalue weighted by Gasteiger charge is -2.03. The predicted octanol–water partition coefficient (Wildman–Crippen LogP) is 2.32. The standard InChI is InChI=1S/C11H10FN3/c1-13-11-14-7-6-10(15-11)8-4-2-3-5-9(8)12/h2-7H,1H3,(H,13,14,15). The lowest BCUT2D eigenvalue weighted by Crippen LogP contribution is -1.97. The number of aromatic nitrogens is 2. The second-order valence-corrected chi connectivity index (χ2v) is 3.00. The van der Waals surface area contributed by atoms with E-state index >= 15 is 0 Å². The van der Waals surface area contributed by atoms with Gasteiger partial charge in [-0.3, -0.25) is 0 Å². The maximum absolute atomic E-state index is 13.4. The van der Waals surface area contributed by atoms with Crippen LogP contribution in [0.1, 0.15) is 0 Å². The molecule has 1 aromatic heterocycles. The summed E-state index contributed by atoms with van der Waals surface area (Å²) < 4.78 is 13.4. The van der Waals surface area contributed by atoms with Crippen molar-refractivity contribution in [3.63, 3.8) is 0 Å². The highest BCUT2D eigenvalue weighted by atomic mass is 19.1. The molecule has 4 heteroatoms. The fourth-order valence-electron chi connectivity index (χ4n) is 1.30. The first-order valence-corrected chi connectivity index (χ1v) is 4.57. The molecular formula is C11H10FN3. The van der Waals surface area contributed by atoms with Crippen LogP contribution < -0.4 is 5.32 Å². The number of halogens is 1. The highest BCUT2D eigenvalue weighted by Gasteiger charge is 2.05. The zero-order valence-corrected chi connectivity index (χ0v) is 8.24. The highest BCUT2D eigenvalue weighted by Crippen LogP contribution is 2.20. The van der Waals surface area contributed by atoms with Gasteiger partial charge in [-0.05, 0) is 18.2 Å². The van der Waals surface area contributed by atoms with Crippen molar-refractivity contribution >= 4 is 5.95 Å². The maximum atomic E-state index is 13.4. The minimum atomic E-state index is -0.279. The first kappa shape index (κ1) is 9.58. The van der Waals surface area contributed by atoms with Gasteiger partial charge in [-0.25, -0.2) is 14.4 Å². The zero-order valence-electron chi connectivity index (χ0n) is 8.24. The van der Waals surface area contributed by atoms with E-state index in [4.69, 9.17) is 0 Å². The molecule has 3 nitrogen and oxygen atoms in total. The first-order chi connectivity index (χ1) is 7.31. The monoisotopic (exact) mass is 203 g/mol. The number of rotatable bonds is 2. The summed E-state index contributed by atoms with van der Waals surface area (Å²) in [4.78, 5) is 8.13. The fraction of sp³-hybridized carbons (Fsp3) is 0.0909. The van der Waals surface area contributed by atoms with Gasteiger partial charge >= 0.3 is 0 Å². The molecule has 15 heavy (non-hydrogen) atoms. The Kier molecular flexibility index (Phi) is 2.58. The average molecular weight is 203 g/mol. The molecule has 0 unspecified atom stereocenters. The van der Waals surface area contributed by atoms with E-state index < -0.39 is 0 Å².